The van der Waals surface area contributed by atoms with Gasteiger partial charge in [0.1, 0.15) is 11.4 Å². The first-order chi connectivity index (χ1) is 15.6. The first-order valence-corrected chi connectivity index (χ1v) is 10.8. The van der Waals surface area contributed by atoms with Crippen LogP contribution in [0.1, 0.15) is 30.0 Å². The van der Waals surface area contributed by atoms with Crippen molar-refractivity contribution in [2.75, 3.05) is 11.9 Å². The third-order valence-electron chi connectivity index (χ3n) is 5.29. The quantitative estimate of drug-likeness (QED) is 0.505. The van der Waals surface area contributed by atoms with Gasteiger partial charge in [-0.3, -0.25) is 14.5 Å². The van der Waals surface area contributed by atoms with Crippen LogP contribution in [-0.4, -0.2) is 23.3 Å². The number of carbonyl (C=O) groups is 2. The van der Waals surface area contributed by atoms with Gasteiger partial charge in [-0.25, -0.2) is 0 Å². The van der Waals surface area contributed by atoms with Crippen LogP contribution in [-0.2, 0) is 16.1 Å². The number of nitrogens with one attached hydrogen (secondary N) is 1. The molecule has 162 valence electrons. The van der Waals surface area contributed by atoms with E-state index in [9.17, 15) is 9.59 Å². The Labute approximate surface area is 188 Å². The average Bonchev–Trinajstić information content (AvgIpc) is 3.04. The van der Waals surface area contributed by atoms with E-state index in [0.717, 1.165) is 29.0 Å². The van der Waals surface area contributed by atoms with Crippen LogP contribution in [0.25, 0.3) is 5.57 Å². The zero-order valence-electron chi connectivity index (χ0n) is 18.3. The zero-order valence-corrected chi connectivity index (χ0v) is 18.3. The van der Waals surface area contributed by atoms with Crippen molar-refractivity contribution in [2.24, 2.45) is 0 Å². The van der Waals surface area contributed by atoms with Gasteiger partial charge in [0, 0.05) is 5.69 Å². The maximum Gasteiger partial charge on any atom is 0.278 e. The van der Waals surface area contributed by atoms with E-state index in [4.69, 9.17) is 4.74 Å². The van der Waals surface area contributed by atoms with Crippen LogP contribution >= 0.6 is 0 Å². The molecule has 0 radical (unpaired) electrons. The minimum absolute atomic E-state index is 0.221. The summed E-state index contributed by atoms with van der Waals surface area (Å²) in [6.45, 7) is 4.90. The van der Waals surface area contributed by atoms with Crippen LogP contribution < -0.4 is 10.1 Å². The molecule has 3 aromatic carbocycles. The third kappa shape index (κ3) is 4.57. The van der Waals surface area contributed by atoms with E-state index in [1.54, 1.807) is 0 Å². The van der Waals surface area contributed by atoms with E-state index >= 15 is 0 Å². The largest absolute Gasteiger partial charge is 0.494 e. The number of anilines is 1. The molecule has 0 bridgehead atoms. The Balaban J connectivity index is 1.68. The fourth-order valence-electron chi connectivity index (χ4n) is 3.58. The number of nitrogens with zero attached hydrogens (tertiary/aromatic N) is 1. The first-order valence-electron chi connectivity index (χ1n) is 10.8. The van der Waals surface area contributed by atoms with Crippen molar-refractivity contribution < 1.29 is 14.3 Å². The number of rotatable bonds is 8. The van der Waals surface area contributed by atoms with Crippen molar-refractivity contribution >= 4 is 23.1 Å². The molecule has 1 N–H and O–H groups in total. The topological polar surface area (TPSA) is 58.6 Å². The second-order valence-corrected chi connectivity index (χ2v) is 7.80. The minimum Gasteiger partial charge on any atom is -0.494 e. The summed E-state index contributed by atoms with van der Waals surface area (Å²) in [6.07, 6.45) is 0.916. The van der Waals surface area contributed by atoms with Crippen LogP contribution in [0.15, 0.2) is 84.6 Å². The number of hydrogen-bond acceptors (Lipinski definition) is 4. The maximum atomic E-state index is 13.4. The summed E-state index contributed by atoms with van der Waals surface area (Å²) in [5, 5.41) is 3.18. The molecule has 5 heteroatoms. The highest BCUT2D eigenvalue weighted by Gasteiger charge is 2.39. The van der Waals surface area contributed by atoms with Crippen molar-refractivity contribution in [1.29, 1.82) is 0 Å². The molecule has 0 fully saturated rings. The summed E-state index contributed by atoms with van der Waals surface area (Å²) >= 11 is 0. The fraction of sp³-hybridized carbons (Fsp3) is 0.185. The van der Waals surface area contributed by atoms with E-state index in [1.165, 1.54) is 4.90 Å². The SMILES string of the molecule is CCCOc1ccc(C2=C(Nc3ccccc3)C(=O)N(Cc3ccc(C)cc3)C2=O)cc1. The van der Waals surface area contributed by atoms with Gasteiger partial charge in [0.2, 0.25) is 0 Å². The molecule has 3 aromatic rings. The van der Waals surface area contributed by atoms with E-state index in [2.05, 4.69) is 5.32 Å². The van der Waals surface area contributed by atoms with Crippen LogP contribution in [0.4, 0.5) is 5.69 Å². The Kier molecular flexibility index (Phi) is 6.36. The smallest absolute Gasteiger partial charge is 0.278 e. The van der Waals surface area contributed by atoms with Gasteiger partial charge in [0.25, 0.3) is 11.8 Å². The minimum atomic E-state index is -0.333. The van der Waals surface area contributed by atoms with Crippen LogP contribution in [0, 0.1) is 6.92 Å². The Hall–Kier alpha value is -3.86. The van der Waals surface area contributed by atoms with Gasteiger partial charge in [-0.1, -0.05) is 67.1 Å². The number of benzene rings is 3. The fourth-order valence-corrected chi connectivity index (χ4v) is 3.58. The molecular weight excluding hydrogens is 400 g/mol. The second kappa shape index (κ2) is 9.52. The Morgan fingerprint density at radius 2 is 1.53 bits per heavy atom. The first kappa shape index (κ1) is 21.4. The summed E-state index contributed by atoms with van der Waals surface area (Å²) in [4.78, 5) is 28.1. The van der Waals surface area contributed by atoms with Crippen LogP contribution in [0.3, 0.4) is 0 Å². The molecule has 5 nitrogen and oxygen atoms in total. The molecule has 1 aliphatic rings. The lowest BCUT2D eigenvalue weighted by molar-refractivity contribution is -0.137. The van der Waals surface area contributed by atoms with Gasteiger partial charge in [-0.2, -0.15) is 0 Å². The second-order valence-electron chi connectivity index (χ2n) is 7.80. The maximum absolute atomic E-state index is 13.4. The van der Waals surface area contributed by atoms with E-state index in [0.29, 0.717) is 17.7 Å². The molecule has 32 heavy (non-hydrogen) atoms. The predicted molar refractivity (Wildman–Crippen MR) is 126 cm³/mol. The van der Waals surface area contributed by atoms with Crippen LogP contribution in [0.5, 0.6) is 5.75 Å². The van der Waals surface area contributed by atoms with Crippen LogP contribution in [0.2, 0.25) is 0 Å². The molecule has 0 aliphatic carbocycles. The van der Waals surface area contributed by atoms with Crippen molar-refractivity contribution in [3.8, 4) is 5.75 Å². The standard InChI is InChI=1S/C27H26N2O3/c1-3-17-32-23-15-13-21(14-16-23)24-25(28-22-7-5-4-6-8-22)27(31)29(26(24)30)18-20-11-9-19(2)10-12-20/h4-16,28H,3,17-18H2,1-2H3. The van der Waals surface area contributed by atoms with Crippen molar-refractivity contribution in [3.63, 3.8) is 0 Å². The number of carbonyl (C=O) groups excluding carboxylic acids is 2. The van der Waals surface area contributed by atoms with E-state index < -0.39 is 0 Å². The molecule has 0 saturated heterocycles. The van der Waals surface area contributed by atoms with Crippen molar-refractivity contribution in [3.05, 3.63) is 101 Å². The molecule has 0 saturated carbocycles. The highest BCUT2D eigenvalue weighted by Crippen LogP contribution is 2.32. The van der Waals surface area contributed by atoms with Gasteiger partial charge in [0.05, 0.1) is 18.7 Å². The van der Waals surface area contributed by atoms with E-state index in [1.807, 2.05) is 92.7 Å². The van der Waals surface area contributed by atoms with Gasteiger partial charge >= 0.3 is 0 Å². The third-order valence-corrected chi connectivity index (χ3v) is 5.29. The summed E-state index contributed by atoms with van der Waals surface area (Å²) in [6, 6.07) is 24.6. The van der Waals surface area contributed by atoms with Gasteiger partial charge < -0.3 is 10.1 Å². The average molecular weight is 427 g/mol. The number of aryl methyl sites for hydroxylation is 1. The molecule has 0 atom stereocenters. The van der Waals surface area contributed by atoms with Gasteiger partial charge in [-0.05, 0) is 48.7 Å². The van der Waals surface area contributed by atoms with E-state index in [-0.39, 0.29) is 24.1 Å². The summed E-state index contributed by atoms with van der Waals surface area (Å²) in [5.74, 6) is 0.0963. The monoisotopic (exact) mass is 426 g/mol. The van der Waals surface area contributed by atoms with Crippen molar-refractivity contribution in [1.82, 2.24) is 4.90 Å². The molecule has 2 amide bonds. The predicted octanol–water partition coefficient (Wildman–Crippen LogP) is 5.18. The summed E-state index contributed by atoms with van der Waals surface area (Å²) in [5.41, 5.74) is 4.12. The molecule has 1 aliphatic heterocycles. The highest BCUT2D eigenvalue weighted by atomic mass is 16.5. The lowest BCUT2D eigenvalue weighted by Gasteiger charge is -2.15. The molecule has 0 aromatic heterocycles. The number of hydrogen-bond donors (Lipinski definition) is 1. The molecule has 0 unspecified atom stereocenters. The Morgan fingerprint density at radius 3 is 2.19 bits per heavy atom. The summed E-state index contributed by atoms with van der Waals surface area (Å²) in [7, 11) is 0. The van der Waals surface area contributed by atoms with Crippen molar-refractivity contribution in [2.45, 2.75) is 26.8 Å². The molecule has 0 spiro atoms. The highest BCUT2D eigenvalue weighted by molar-refractivity contribution is 6.36. The lowest BCUT2D eigenvalue weighted by atomic mass is 10.0. The lowest BCUT2D eigenvalue weighted by Crippen LogP contribution is -2.32. The molecule has 4 rings (SSSR count). The molecule has 1 heterocycles. The molecular formula is C27H26N2O3. The number of ether oxygens (including phenoxy) is 1. The number of para-hydroxylation sites is 1. The summed E-state index contributed by atoms with van der Waals surface area (Å²) < 4.78 is 5.66. The zero-order chi connectivity index (χ0) is 22.5. The normalized spacial score (nSPS) is 13.6. The van der Waals surface area contributed by atoms with Gasteiger partial charge in [0.15, 0.2) is 0 Å². The number of amides is 2. The Morgan fingerprint density at radius 1 is 0.844 bits per heavy atom. The van der Waals surface area contributed by atoms with Gasteiger partial charge in [-0.15, -0.1) is 0 Å². The number of imide groups is 1. The Bertz CT molecular complexity index is 1130.